The van der Waals surface area contributed by atoms with Crippen molar-refractivity contribution in [2.75, 3.05) is 6.54 Å². The Balaban J connectivity index is 2.12. The van der Waals surface area contributed by atoms with Crippen molar-refractivity contribution in [3.63, 3.8) is 0 Å². The van der Waals surface area contributed by atoms with Crippen LogP contribution in [0, 0.1) is 0 Å². The predicted octanol–water partition coefficient (Wildman–Crippen LogP) is 1.90. The van der Waals surface area contributed by atoms with Crippen LogP contribution in [0.15, 0.2) is 18.2 Å². The van der Waals surface area contributed by atoms with E-state index < -0.39 is 0 Å². The van der Waals surface area contributed by atoms with E-state index >= 15 is 0 Å². The molecule has 2 rings (SSSR count). The third kappa shape index (κ3) is 1.90. The topological polar surface area (TPSA) is 35.2 Å². The third-order valence-corrected chi connectivity index (χ3v) is 2.64. The molecule has 0 saturated heterocycles. The fourth-order valence-electron chi connectivity index (χ4n) is 1.91. The molecule has 1 heterocycles. The van der Waals surface area contributed by atoms with Crippen LogP contribution in [-0.4, -0.2) is 12.6 Å². The number of hydrogen-bond donors (Lipinski definition) is 1. The van der Waals surface area contributed by atoms with Crippen LogP contribution in [0.2, 0.25) is 0 Å². The fraction of sp³-hybridized carbons (Fsp3) is 0.500. The lowest BCUT2D eigenvalue weighted by atomic mass is 10.0. The minimum atomic E-state index is 0.342. The molecule has 0 aliphatic carbocycles. The number of rotatable bonds is 3. The molecular formula is C12H17NO. The Morgan fingerprint density at radius 1 is 1.50 bits per heavy atom. The normalized spacial score (nSPS) is 19.1. The summed E-state index contributed by atoms with van der Waals surface area (Å²) in [6.45, 7) is 2.87. The fourth-order valence-corrected chi connectivity index (χ4v) is 1.91. The summed E-state index contributed by atoms with van der Waals surface area (Å²) in [5.41, 5.74) is 8.16. The van der Waals surface area contributed by atoms with Gasteiger partial charge in [-0.1, -0.05) is 12.1 Å². The summed E-state index contributed by atoms with van der Waals surface area (Å²) in [6, 6.07) is 6.54. The molecule has 76 valence electrons. The maximum Gasteiger partial charge on any atom is 0.123 e. The molecule has 1 aliphatic heterocycles. The number of ether oxygens (including phenoxy) is 1. The van der Waals surface area contributed by atoms with Crippen LogP contribution in [-0.2, 0) is 12.8 Å². The molecule has 1 unspecified atom stereocenters. The van der Waals surface area contributed by atoms with E-state index in [4.69, 9.17) is 10.5 Å². The molecule has 14 heavy (non-hydrogen) atoms. The first-order valence-corrected chi connectivity index (χ1v) is 5.28. The molecule has 0 bridgehead atoms. The van der Waals surface area contributed by atoms with E-state index in [2.05, 4.69) is 25.1 Å². The summed E-state index contributed by atoms with van der Waals surface area (Å²) in [5, 5.41) is 0. The number of nitrogens with two attached hydrogens (primary N) is 1. The molecule has 1 atom stereocenters. The molecule has 0 fully saturated rings. The Morgan fingerprint density at radius 3 is 3.14 bits per heavy atom. The second-order valence-electron chi connectivity index (χ2n) is 3.97. The van der Waals surface area contributed by atoms with Gasteiger partial charge in [0.15, 0.2) is 0 Å². The van der Waals surface area contributed by atoms with E-state index in [0.29, 0.717) is 6.10 Å². The summed E-state index contributed by atoms with van der Waals surface area (Å²) in [5.74, 6) is 1.08. The first kappa shape index (κ1) is 9.53. The molecule has 2 N–H and O–H groups in total. The standard InChI is InChI=1S/C12H17NO/c1-9-7-11-5-4-10(3-2-6-13)8-12(11)14-9/h4-5,8-9H,2-3,6-7,13H2,1H3. The van der Waals surface area contributed by atoms with E-state index in [1.807, 2.05) is 0 Å². The van der Waals surface area contributed by atoms with Gasteiger partial charge in [-0.05, 0) is 43.5 Å². The second-order valence-corrected chi connectivity index (χ2v) is 3.97. The molecule has 1 aliphatic rings. The zero-order valence-electron chi connectivity index (χ0n) is 8.62. The molecule has 0 spiro atoms. The first-order valence-electron chi connectivity index (χ1n) is 5.28. The van der Waals surface area contributed by atoms with E-state index in [0.717, 1.165) is 31.6 Å². The smallest absolute Gasteiger partial charge is 0.123 e. The molecule has 0 aromatic heterocycles. The average molecular weight is 191 g/mol. The number of aryl methyl sites for hydroxylation is 1. The van der Waals surface area contributed by atoms with Gasteiger partial charge >= 0.3 is 0 Å². The van der Waals surface area contributed by atoms with Gasteiger partial charge in [0.2, 0.25) is 0 Å². The largest absolute Gasteiger partial charge is 0.490 e. The van der Waals surface area contributed by atoms with Crippen LogP contribution in [0.5, 0.6) is 5.75 Å². The number of benzene rings is 1. The van der Waals surface area contributed by atoms with Crippen molar-refractivity contribution in [1.82, 2.24) is 0 Å². The van der Waals surface area contributed by atoms with Crippen LogP contribution >= 0.6 is 0 Å². The van der Waals surface area contributed by atoms with Crippen LogP contribution in [0.25, 0.3) is 0 Å². The zero-order chi connectivity index (χ0) is 9.97. The molecule has 1 aromatic rings. The summed E-state index contributed by atoms with van der Waals surface area (Å²) < 4.78 is 5.70. The highest BCUT2D eigenvalue weighted by molar-refractivity contribution is 5.40. The lowest BCUT2D eigenvalue weighted by Crippen LogP contribution is -2.05. The van der Waals surface area contributed by atoms with Gasteiger partial charge in [0.05, 0.1) is 0 Å². The summed E-state index contributed by atoms with van der Waals surface area (Å²) >= 11 is 0. The predicted molar refractivity (Wildman–Crippen MR) is 57.6 cm³/mol. The van der Waals surface area contributed by atoms with Crippen molar-refractivity contribution in [2.45, 2.75) is 32.3 Å². The van der Waals surface area contributed by atoms with Gasteiger partial charge in [-0.2, -0.15) is 0 Å². The molecule has 0 saturated carbocycles. The SMILES string of the molecule is CC1Cc2ccc(CCCN)cc2O1. The van der Waals surface area contributed by atoms with Crippen LogP contribution < -0.4 is 10.5 Å². The maximum absolute atomic E-state index is 5.70. The van der Waals surface area contributed by atoms with Gasteiger partial charge in [-0.15, -0.1) is 0 Å². The quantitative estimate of drug-likeness (QED) is 0.792. The van der Waals surface area contributed by atoms with Crippen LogP contribution in [0.3, 0.4) is 0 Å². The van der Waals surface area contributed by atoms with Crippen molar-refractivity contribution in [2.24, 2.45) is 5.73 Å². The number of hydrogen-bond acceptors (Lipinski definition) is 2. The highest BCUT2D eigenvalue weighted by Crippen LogP contribution is 2.29. The van der Waals surface area contributed by atoms with E-state index in [9.17, 15) is 0 Å². The average Bonchev–Trinajstić information content (AvgIpc) is 2.54. The third-order valence-electron chi connectivity index (χ3n) is 2.64. The Morgan fingerprint density at radius 2 is 2.36 bits per heavy atom. The van der Waals surface area contributed by atoms with Gasteiger partial charge in [0, 0.05) is 6.42 Å². The Kier molecular flexibility index (Phi) is 2.73. The minimum absolute atomic E-state index is 0.342. The Labute approximate surface area is 85.1 Å². The van der Waals surface area contributed by atoms with Gasteiger partial charge < -0.3 is 10.5 Å². The lowest BCUT2D eigenvalue weighted by Gasteiger charge is -2.04. The molecule has 0 radical (unpaired) electrons. The van der Waals surface area contributed by atoms with Crippen LogP contribution in [0.4, 0.5) is 0 Å². The van der Waals surface area contributed by atoms with Gasteiger partial charge in [0.25, 0.3) is 0 Å². The highest BCUT2D eigenvalue weighted by atomic mass is 16.5. The minimum Gasteiger partial charge on any atom is -0.490 e. The van der Waals surface area contributed by atoms with Gasteiger partial charge in [0.1, 0.15) is 11.9 Å². The summed E-state index contributed by atoms with van der Waals surface area (Å²) in [6.07, 6.45) is 3.50. The maximum atomic E-state index is 5.70. The molecule has 1 aromatic carbocycles. The van der Waals surface area contributed by atoms with Crippen molar-refractivity contribution < 1.29 is 4.74 Å². The number of fused-ring (bicyclic) bond motifs is 1. The molecule has 2 heteroatoms. The van der Waals surface area contributed by atoms with Crippen molar-refractivity contribution in [3.05, 3.63) is 29.3 Å². The van der Waals surface area contributed by atoms with Crippen molar-refractivity contribution in [1.29, 1.82) is 0 Å². The summed E-state index contributed by atoms with van der Waals surface area (Å²) in [7, 11) is 0. The van der Waals surface area contributed by atoms with E-state index in [-0.39, 0.29) is 0 Å². The molecule has 2 nitrogen and oxygen atoms in total. The van der Waals surface area contributed by atoms with Gasteiger partial charge in [-0.25, -0.2) is 0 Å². The first-order chi connectivity index (χ1) is 6.79. The highest BCUT2D eigenvalue weighted by Gasteiger charge is 2.18. The van der Waals surface area contributed by atoms with E-state index in [1.165, 1.54) is 11.1 Å². The van der Waals surface area contributed by atoms with Gasteiger partial charge in [-0.3, -0.25) is 0 Å². The Hall–Kier alpha value is -1.02. The summed E-state index contributed by atoms with van der Waals surface area (Å²) in [4.78, 5) is 0. The van der Waals surface area contributed by atoms with Crippen molar-refractivity contribution >= 4 is 0 Å². The lowest BCUT2D eigenvalue weighted by molar-refractivity contribution is 0.254. The molecule has 0 amide bonds. The van der Waals surface area contributed by atoms with Crippen LogP contribution in [0.1, 0.15) is 24.5 Å². The zero-order valence-corrected chi connectivity index (χ0v) is 8.62. The van der Waals surface area contributed by atoms with E-state index in [1.54, 1.807) is 0 Å². The van der Waals surface area contributed by atoms with Crippen molar-refractivity contribution in [3.8, 4) is 5.75 Å². The monoisotopic (exact) mass is 191 g/mol. The molecular weight excluding hydrogens is 174 g/mol. The second kappa shape index (κ2) is 4.01. The Bertz CT molecular complexity index is 322.